The molecule has 3 nitrogen and oxygen atoms in total. The molecule has 2 aromatic heterocycles. The van der Waals surface area contributed by atoms with E-state index in [2.05, 4.69) is 193 Å². The minimum absolute atomic E-state index is 0.901. The molecule has 0 spiro atoms. The lowest BCUT2D eigenvalue weighted by Crippen LogP contribution is -2.09. The van der Waals surface area contributed by atoms with E-state index >= 15 is 0 Å². The molecule has 2 heterocycles. The smallest absolute Gasteiger partial charge is 0.143 e. The minimum Gasteiger partial charge on any atom is -0.455 e. The van der Waals surface area contributed by atoms with E-state index in [0.29, 0.717) is 0 Å². The second-order valence-corrected chi connectivity index (χ2v) is 14.4. The highest BCUT2D eigenvalue weighted by atomic mass is 16.3. The van der Waals surface area contributed by atoms with Crippen LogP contribution in [-0.4, -0.2) is 0 Å². The SMILES string of the molecule is c1ccc(-c2ccccc2-c2ccc(N(c3ccc(-c4cccc5c4oc4ccccc45)cc3)c3ccc(-c4cccc5c4oc4ccccc45)cc3)cc2)cc1. The molecule has 0 aliphatic rings. The summed E-state index contributed by atoms with van der Waals surface area (Å²) in [7, 11) is 0. The van der Waals surface area contributed by atoms with Crippen molar-refractivity contribution in [2.45, 2.75) is 0 Å². The summed E-state index contributed by atoms with van der Waals surface area (Å²) in [4.78, 5) is 2.32. The lowest BCUT2D eigenvalue weighted by atomic mass is 9.94. The van der Waals surface area contributed by atoms with Gasteiger partial charge in [0.25, 0.3) is 0 Å². The molecule has 11 rings (SSSR count). The first-order chi connectivity index (χ1) is 28.3. The maximum Gasteiger partial charge on any atom is 0.143 e. The van der Waals surface area contributed by atoms with Crippen molar-refractivity contribution in [3.8, 4) is 44.5 Å². The fourth-order valence-corrected chi connectivity index (χ4v) is 8.37. The van der Waals surface area contributed by atoms with Gasteiger partial charge in [-0.05, 0) is 81.9 Å². The van der Waals surface area contributed by atoms with Crippen molar-refractivity contribution in [1.29, 1.82) is 0 Å². The number of anilines is 3. The quantitative estimate of drug-likeness (QED) is 0.164. The van der Waals surface area contributed by atoms with Crippen LogP contribution < -0.4 is 4.90 Å². The molecule has 0 unspecified atom stereocenters. The van der Waals surface area contributed by atoms with Gasteiger partial charge in [0.1, 0.15) is 22.3 Å². The third kappa shape index (κ3) is 5.68. The van der Waals surface area contributed by atoms with Gasteiger partial charge in [-0.3, -0.25) is 0 Å². The fourth-order valence-electron chi connectivity index (χ4n) is 8.37. The highest BCUT2D eigenvalue weighted by Crippen LogP contribution is 2.42. The average molecular weight is 730 g/mol. The predicted molar refractivity (Wildman–Crippen MR) is 237 cm³/mol. The number of nitrogens with zero attached hydrogens (tertiary/aromatic N) is 1. The largest absolute Gasteiger partial charge is 0.455 e. The maximum absolute atomic E-state index is 6.41. The molecule has 9 aromatic carbocycles. The summed E-state index contributed by atoms with van der Waals surface area (Å²) in [5, 5.41) is 4.52. The summed E-state index contributed by atoms with van der Waals surface area (Å²) in [6, 6.07) is 75.1. The van der Waals surface area contributed by atoms with Gasteiger partial charge in [0.15, 0.2) is 0 Å². The van der Waals surface area contributed by atoms with Crippen LogP contribution in [0.4, 0.5) is 17.1 Å². The molecule has 268 valence electrons. The van der Waals surface area contributed by atoms with Crippen LogP contribution >= 0.6 is 0 Å². The summed E-state index contributed by atoms with van der Waals surface area (Å²) >= 11 is 0. The molecule has 0 saturated carbocycles. The van der Waals surface area contributed by atoms with Crippen molar-refractivity contribution in [2.24, 2.45) is 0 Å². The number of benzene rings is 9. The van der Waals surface area contributed by atoms with Gasteiger partial charge in [-0.15, -0.1) is 0 Å². The number of hydrogen-bond donors (Lipinski definition) is 0. The number of fused-ring (bicyclic) bond motifs is 6. The fraction of sp³-hybridized carbons (Fsp3) is 0. The van der Waals surface area contributed by atoms with E-state index < -0.39 is 0 Å². The van der Waals surface area contributed by atoms with Gasteiger partial charge in [0, 0.05) is 49.7 Å². The number of rotatable bonds is 7. The Morgan fingerprint density at radius 3 is 1.04 bits per heavy atom. The summed E-state index contributed by atoms with van der Waals surface area (Å²) < 4.78 is 12.8. The molecule has 0 atom stereocenters. The Morgan fingerprint density at radius 2 is 0.579 bits per heavy atom. The van der Waals surface area contributed by atoms with Crippen LogP contribution in [0.3, 0.4) is 0 Å². The zero-order valence-corrected chi connectivity index (χ0v) is 31.0. The van der Waals surface area contributed by atoms with Crippen molar-refractivity contribution in [3.05, 3.63) is 212 Å². The van der Waals surface area contributed by atoms with Crippen LogP contribution in [-0.2, 0) is 0 Å². The summed E-state index contributed by atoms with van der Waals surface area (Å²) in [6.07, 6.45) is 0. The molecule has 0 amide bonds. The van der Waals surface area contributed by atoms with Crippen LogP contribution in [0.1, 0.15) is 0 Å². The van der Waals surface area contributed by atoms with Gasteiger partial charge in [-0.1, -0.05) is 164 Å². The Bertz CT molecular complexity index is 3050. The van der Waals surface area contributed by atoms with E-state index in [0.717, 1.165) is 83.2 Å². The minimum atomic E-state index is 0.901. The lowest BCUT2D eigenvalue weighted by molar-refractivity contribution is 0.669. The van der Waals surface area contributed by atoms with Gasteiger partial charge in [-0.25, -0.2) is 0 Å². The first-order valence-electron chi connectivity index (χ1n) is 19.3. The molecule has 57 heavy (non-hydrogen) atoms. The predicted octanol–water partition coefficient (Wildman–Crippen LogP) is 15.6. The van der Waals surface area contributed by atoms with E-state index in [1.807, 2.05) is 24.3 Å². The number of para-hydroxylation sites is 4. The number of hydrogen-bond acceptors (Lipinski definition) is 3. The molecule has 0 N–H and O–H groups in total. The molecule has 0 aliphatic heterocycles. The molecular formula is C54H35NO2. The summed E-state index contributed by atoms with van der Waals surface area (Å²) in [5.74, 6) is 0. The molecule has 3 heteroatoms. The van der Waals surface area contributed by atoms with Gasteiger partial charge < -0.3 is 13.7 Å². The highest BCUT2D eigenvalue weighted by molar-refractivity contribution is 6.10. The normalized spacial score (nSPS) is 11.5. The van der Waals surface area contributed by atoms with Gasteiger partial charge >= 0.3 is 0 Å². The molecular weight excluding hydrogens is 695 g/mol. The molecule has 0 saturated heterocycles. The van der Waals surface area contributed by atoms with Crippen LogP contribution in [0.25, 0.3) is 88.4 Å². The van der Waals surface area contributed by atoms with Crippen LogP contribution in [0.15, 0.2) is 221 Å². The second-order valence-electron chi connectivity index (χ2n) is 14.4. The van der Waals surface area contributed by atoms with E-state index in [-0.39, 0.29) is 0 Å². The molecule has 0 radical (unpaired) electrons. The third-order valence-corrected chi connectivity index (χ3v) is 11.1. The summed E-state index contributed by atoms with van der Waals surface area (Å²) in [5.41, 5.74) is 15.9. The van der Waals surface area contributed by atoms with Gasteiger partial charge in [0.05, 0.1) is 0 Å². The van der Waals surface area contributed by atoms with Crippen LogP contribution in [0, 0.1) is 0 Å². The Labute approximate surface area is 330 Å². The first kappa shape index (κ1) is 32.8. The average Bonchev–Trinajstić information content (AvgIpc) is 3.87. The Morgan fingerprint density at radius 1 is 0.246 bits per heavy atom. The Balaban J connectivity index is 1.00. The summed E-state index contributed by atoms with van der Waals surface area (Å²) in [6.45, 7) is 0. The van der Waals surface area contributed by atoms with E-state index in [9.17, 15) is 0 Å². The van der Waals surface area contributed by atoms with Gasteiger partial charge in [-0.2, -0.15) is 0 Å². The van der Waals surface area contributed by atoms with Crippen molar-refractivity contribution in [3.63, 3.8) is 0 Å². The zero-order valence-electron chi connectivity index (χ0n) is 31.0. The van der Waals surface area contributed by atoms with Gasteiger partial charge in [0.2, 0.25) is 0 Å². The van der Waals surface area contributed by atoms with Crippen LogP contribution in [0.5, 0.6) is 0 Å². The molecule has 0 aliphatic carbocycles. The molecule has 0 bridgehead atoms. The number of furan rings is 2. The topological polar surface area (TPSA) is 29.5 Å². The Kier molecular flexibility index (Phi) is 7.82. The standard InChI is InChI=1S/C54H35NO2/c1-2-12-36(13-3-1)43-14-4-5-15-44(43)37-24-30-40(31-25-37)55(41-32-26-38(27-33-41)45-18-10-20-49-47-16-6-8-22-51(47)56-53(45)49)42-34-28-39(29-35-42)46-19-11-21-50-48-17-7-9-23-52(48)57-54(46)50/h1-35H. The first-order valence-corrected chi connectivity index (χ1v) is 19.3. The van der Waals surface area contributed by atoms with Crippen molar-refractivity contribution >= 4 is 60.9 Å². The zero-order chi connectivity index (χ0) is 37.7. The lowest BCUT2D eigenvalue weighted by Gasteiger charge is -2.26. The molecule has 11 aromatic rings. The second kappa shape index (κ2) is 13.6. The van der Waals surface area contributed by atoms with Crippen molar-refractivity contribution in [2.75, 3.05) is 4.90 Å². The molecule has 0 fully saturated rings. The van der Waals surface area contributed by atoms with E-state index in [4.69, 9.17) is 8.83 Å². The van der Waals surface area contributed by atoms with E-state index in [1.165, 1.54) is 22.3 Å². The third-order valence-electron chi connectivity index (χ3n) is 11.1. The maximum atomic E-state index is 6.41. The van der Waals surface area contributed by atoms with Crippen molar-refractivity contribution < 1.29 is 8.83 Å². The van der Waals surface area contributed by atoms with Crippen LogP contribution in [0.2, 0.25) is 0 Å². The van der Waals surface area contributed by atoms with Crippen molar-refractivity contribution in [1.82, 2.24) is 0 Å². The highest BCUT2D eigenvalue weighted by Gasteiger charge is 2.18. The monoisotopic (exact) mass is 729 g/mol. The Hall–Kier alpha value is -7.62. The van der Waals surface area contributed by atoms with E-state index in [1.54, 1.807) is 0 Å².